The van der Waals surface area contributed by atoms with E-state index in [1.165, 1.54) is 53.9 Å². The van der Waals surface area contributed by atoms with E-state index in [1.807, 2.05) is 6.26 Å². The lowest BCUT2D eigenvalue weighted by atomic mass is 10.1. The van der Waals surface area contributed by atoms with Gasteiger partial charge >= 0.3 is 0 Å². The van der Waals surface area contributed by atoms with E-state index in [4.69, 9.17) is 0 Å². The third-order valence-electron chi connectivity index (χ3n) is 2.31. The van der Waals surface area contributed by atoms with Crippen LogP contribution in [-0.4, -0.2) is 27.2 Å². The molecule has 0 N–H and O–H groups in total. The molecule has 1 heterocycles. The lowest BCUT2D eigenvalue weighted by molar-refractivity contribution is -0.385. The minimum absolute atomic E-state index is 0.106. The van der Waals surface area contributed by atoms with Crippen LogP contribution in [0.25, 0.3) is 0 Å². The number of carbonyl (C=O) groups excluding carboxylic acids is 1. The first kappa shape index (κ1) is 14.9. The number of nitro groups is 1. The smallest absolute Gasteiger partial charge is 0.280 e. The van der Waals surface area contributed by atoms with E-state index in [0.29, 0.717) is 0 Å². The highest BCUT2D eigenvalue weighted by molar-refractivity contribution is 8.03. The molecular weight excluding hydrogens is 318 g/mol. The highest BCUT2D eigenvalue weighted by atomic mass is 32.2. The predicted octanol–water partition coefficient (Wildman–Crippen LogP) is 3.52. The van der Waals surface area contributed by atoms with E-state index >= 15 is 0 Å². The van der Waals surface area contributed by atoms with Gasteiger partial charge in [-0.1, -0.05) is 34.9 Å². The van der Waals surface area contributed by atoms with Gasteiger partial charge in [-0.15, -0.1) is 10.2 Å². The van der Waals surface area contributed by atoms with Gasteiger partial charge in [-0.3, -0.25) is 14.9 Å². The van der Waals surface area contributed by atoms with Crippen LogP contribution in [0.1, 0.15) is 17.3 Å². The molecule has 0 atom stereocenters. The summed E-state index contributed by atoms with van der Waals surface area (Å²) in [5.41, 5.74) is -0.0708. The SMILES string of the molecule is CSc1nnc(Sc2ccc([N+](=O)[O-])c(C(C)=O)c2)s1. The van der Waals surface area contributed by atoms with Crippen molar-refractivity contribution >= 4 is 46.3 Å². The summed E-state index contributed by atoms with van der Waals surface area (Å²) < 4.78 is 1.58. The molecular formula is C11H9N3O3S3. The van der Waals surface area contributed by atoms with Crippen molar-refractivity contribution in [1.82, 2.24) is 10.2 Å². The second-order valence-corrected chi connectivity index (χ2v) is 6.98. The number of nitro benzene ring substituents is 1. The van der Waals surface area contributed by atoms with Gasteiger partial charge in [0.1, 0.15) is 0 Å². The zero-order chi connectivity index (χ0) is 14.7. The Morgan fingerprint density at radius 1 is 1.35 bits per heavy atom. The molecule has 0 aliphatic rings. The Kier molecular flexibility index (Phi) is 4.73. The van der Waals surface area contributed by atoms with Gasteiger partial charge in [0.05, 0.1) is 10.5 Å². The average molecular weight is 327 g/mol. The Labute approximate surface area is 127 Å². The van der Waals surface area contributed by atoms with Crippen molar-refractivity contribution in [1.29, 1.82) is 0 Å². The van der Waals surface area contributed by atoms with Crippen molar-refractivity contribution in [3.63, 3.8) is 0 Å². The third-order valence-corrected chi connectivity index (χ3v) is 5.25. The van der Waals surface area contributed by atoms with Crippen LogP contribution in [0, 0.1) is 10.1 Å². The van der Waals surface area contributed by atoms with Crippen molar-refractivity contribution < 1.29 is 9.72 Å². The monoisotopic (exact) mass is 327 g/mol. The third kappa shape index (κ3) is 3.35. The Morgan fingerprint density at radius 3 is 2.60 bits per heavy atom. The Balaban J connectivity index is 2.31. The topological polar surface area (TPSA) is 86.0 Å². The molecule has 104 valence electrons. The van der Waals surface area contributed by atoms with Crippen LogP contribution in [0.5, 0.6) is 0 Å². The first-order chi connectivity index (χ1) is 9.51. The molecule has 0 spiro atoms. The minimum atomic E-state index is -0.554. The van der Waals surface area contributed by atoms with Crippen molar-refractivity contribution in [2.24, 2.45) is 0 Å². The van der Waals surface area contributed by atoms with Crippen molar-refractivity contribution in [3.8, 4) is 0 Å². The number of carbonyl (C=O) groups is 1. The van der Waals surface area contributed by atoms with Crippen molar-refractivity contribution in [2.45, 2.75) is 20.5 Å². The largest absolute Gasteiger partial charge is 0.294 e. The van der Waals surface area contributed by atoms with Gasteiger partial charge in [0.25, 0.3) is 5.69 Å². The lowest BCUT2D eigenvalue weighted by Gasteiger charge is -2.02. The van der Waals surface area contributed by atoms with Crippen LogP contribution in [0.4, 0.5) is 5.69 Å². The normalized spacial score (nSPS) is 10.5. The number of thioether (sulfide) groups is 1. The summed E-state index contributed by atoms with van der Waals surface area (Å²) in [4.78, 5) is 22.5. The molecule has 1 aromatic heterocycles. The molecule has 0 radical (unpaired) electrons. The fourth-order valence-electron chi connectivity index (χ4n) is 1.44. The summed E-state index contributed by atoms with van der Waals surface area (Å²) in [6, 6.07) is 4.47. The number of benzene rings is 1. The van der Waals surface area contributed by atoms with E-state index in [9.17, 15) is 14.9 Å². The average Bonchev–Trinajstić information content (AvgIpc) is 2.86. The van der Waals surface area contributed by atoms with Gasteiger partial charge in [0.2, 0.25) is 0 Å². The Bertz CT molecular complexity index is 672. The molecule has 20 heavy (non-hydrogen) atoms. The fourth-order valence-corrected chi connectivity index (χ4v) is 3.89. The molecule has 0 aliphatic carbocycles. The van der Waals surface area contributed by atoms with Gasteiger partial charge < -0.3 is 0 Å². The van der Waals surface area contributed by atoms with Gasteiger partial charge in [-0.25, -0.2) is 0 Å². The number of ketones is 1. The molecule has 1 aromatic carbocycles. The molecule has 2 aromatic rings. The zero-order valence-electron chi connectivity index (χ0n) is 10.5. The Morgan fingerprint density at radius 2 is 2.05 bits per heavy atom. The van der Waals surface area contributed by atoms with Crippen molar-refractivity contribution in [2.75, 3.05) is 6.26 Å². The van der Waals surface area contributed by atoms with Crippen LogP contribution in [0.15, 0.2) is 31.8 Å². The first-order valence-electron chi connectivity index (χ1n) is 5.36. The van der Waals surface area contributed by atoms with Crippen LogP contribution in [0.2, 0.25) is 0 Å². The highest BCUT2D eigenvalue weighted by Gasteiger charge is 2.18. The maximum Gasteiger partial charge on any atom is 0.280 e. The minimum Gasteiger partial charge on any atom is -0.294 e. The maximum atomic E-state index is 11.5. The van der Waals surface area contributed by atoms with E-state index in [-0.39, 0.29) is 17.0 Å². The summed E-state index contributed by atoms with van der Waals surface area (Å²) in [5.74, 6) is -0.332. The molecule has 2 rings (SSSR count). The summed E-state index contributed by atoms with van der Waals surface area (Å²) >= 11 is 4.27. The molecule has 0 unspecified atom stereocenters. The second-order valence-electron chi connectivity index (χ2n) is 3.63. The molecule has 6 nitrogen and oxygen atoms in total. The number of hydrogen-bond donors (Lipinski definition) is 0. The number of Topliss-reactive ketones (excluding diaryl/α,β-unsaturated/α-hetero) is 1. The zero-order valence-corrected chi connectivity index (χ0v) is 13.0. The van der Waals surface area contributed by atoms with E-state index in [1.54, 1.807) is 6.07 Å². The fraction of sp³-hybridized carbons (Fsp3) is 0.182. The summed E-state index contributed by atoms with van der Waals surface area (Å²) in [7, 11) is 0. The molecule has 0 fully saturated rings. The van der Waals surface area contributed by atoms with E-state index < -0.39 is 4.92 Å². The van der Waals surface area contributed by atoms with Crippen LogP contribution < -0.4 is 0 Å². The van der Waals surface area contributed by atoms with Crippen LogP contribution in [0.3, 0.4) is 0 Å². The molecule has 0 aliphatic heterocycles. The number of hydrogen-bond acceptors (Lipinski definition) is 8. The summed E-state index contributed by atoms with van der Waals surface area (Å²) in [6.07, 6.45) is 1.91. The van der Waals surface area contributed by atoms with Gasteiger partial charge in [-0.05, 0) is 25.3 Å². The van der Waals surface area contributed by atoms with Gasteiger partial charge in [0, 0.05) is 11.0 Å². The molecule has 0 saturated carbocycles. The summed E-state index contributed by atoms with van der Waals surface area (Å²) in [6.45, 7) is 1.31. The molecule has 0 saturated heterocycles. The van der Waals surface area contributed by atoms with E-state index in [0.717, 1.165) is 13.6 Å². The standard InChI is InChI=1S/C11H9N3O3S3/c1-6(15)8-5-7(3-4-9(8)14(16)17)19-11-13-12-10(18-2)20-11/h3-5H,1-2H3. The number of nitrogens with zero attached hydrogens (tertiary/aromatic N) is 3. The van der Waals surface area contributed by atoms with Gasteiger partial charge in [0.15, 0.2) is 14.5 Å². The number of aromatic nitrogens is 2. The number of rotatable bonds is 5. The van der Waals surface area contributed by atoms with Crippen LogP contribution in [-0.2, 0) is 0 Å². The Hall–Kier alpha value is -1.45. The van der Waals surface area contributed by atoms with Crippen molar-refractivity contribution in [3.05, 3.63) is 33.9 Å². The molecule has 0 amide bonds. The quantitative estimate of drug-likeness (QED) is 0.359. The second kappa shape index (κ2) is 6.33. The molecule has 9 heteroatoms. The lowest BCUT2D eigenvalue weighted by Crippen LogP contribution is -2.00. The molecule has 0 bridgehead atoms. The van der Waals surface area contributed by atoms with E-state index in [2.05, 4.69) is 10.2 Å². The van der Waals surface area contributed by atoms with Crippen LogP contribution >= 0.6 is 34.9 Å². The maximum absolute atomic E-state index is 11.5. The highest BCUT2D eigenvalue weighted by Crippen LogP contribution is 2.34. The predicted molar refractivity (Wildman–Crippen MR) is 78.9 cm³/mol. The first-order valence-corrected chi connectivity index (χ1v) is 8.21. The summed E-state index contributed by atoms with van der Waals surface area (Å²) in [5, 5.41) is 18.8. The van der Waals surface area contributed by atoms with Gasteiger partial charge in [-0.2, -0.15) is 0 Å².